The van der Waals surface area contributed by atoms with E-state index in [9.17, 15) is 19.7 Å². The van der Waals surface area contributed by atoms with E-state index in [1.165, 1.54) is 34.4 Å². The molecule has 0 spiro atoms. The highest BCUT2D eigenvalue weighted by molar-refractivity contribution is 7.17. The Bertz CT molecular complexity index is 1070. The number of thiophene rings is 1. The zero-order chi connectivity index (χ0) is 19.6. The maximum atomic E-state index is 13.0. The average Bonchev–Trinajstić information content (AvgIpc) is 3.11. The summed E-state index contributed by atoms with van der Waals surface area (Å²) < 4.78 is 6.34. The number of fused-ring (bicyclic) bond motifs is 1. The van der Waals surface area contributed by atoms with Crippen molar-refractivity contribution >= 4 is 33.2 Å². The van der Waals surface area contributed by atoms with E-state index in [2.05, 4.69) is 4.98 Å². The van der Waals surface area contributed by atoms with Crippen LogP contribution >= 0.6 is 11.3 Å². The van der Waals surface area contributed by atoms with Crippen LogP contribution in [0.5, 0.6) is 0 Å². The normalized spacial score (nSPS) is 12.1. The number of nitro benzene ring substituents is 1. The fourth-order valence-corrected chi connectivity index (χ4v) is 3.56. The summed E-state index contributed by atoms with van der Waals surface area (Å²) in [6.07, 6.45) is 2.02. The van der Waals surface area contributed by atoms with Gasteiger partial charge in [-0.2, -0.15) is 0 Å². The minimum Gasteiger partial charge on any atom is -0.464 e. The van der Waals surface area contributed by atoms with Crippen molar-refractivity contribution in [2.45, 2.75) is 26.3 Å². The van der Waals surface area contributed by atoms with Crippen molar-refractivity contribution in [2.24, 2.45) is 0 Å². The molecule has 0 saturated carbocycles. The number of benzene rings is 1. The molecule has 0 aliphatic rings. The number of rotatable bonds is 6. The Labute approximate surface area is 158 Å². The molecule has 0 bridgehead atoms. The van der Waals surface area contributed by atoms with Crippen molar-refractivity contribution in [3.63, 3.8) is 0 Å². The fraction of sp³-hybridized carbons (Fsp3) is 0.278. The molecule has 9 heteroatoms. The van der Waals surface area contributed by atoms with Crippen LogP contribution in [0.2, 0.25) is 0 Å². The van der Waals surface area contributed by atoms with Crippen molar-refractivity contribution in [3.05, 3.63) is 56.4 Å². The lowest BCUT2D eigenvalue weighted by molar-refractivity contribution is -0.384. The number of non-ortho nitro benzene ring substituents is 1. The maximum absolute atomic E-state index is 13.0. The molecule has 2 aromatic heterocycles. The topological polar surface area (TPSA) is 104 Å². The molecule has 0 saturated heterocycles. The van der Waals surface area contributed by atoms with Crippen LogP contribution in [0.15, 0.2) is 40.8 Å². The van der Waals surface area contributed by atoms with Gasteiger partial charge in [0, 0.05) is 23.1 Å². The first kappa shape index (κ1) is 18.7. The highest BCUT2D eigenvalue weighted by Crippen LogP contribution is 2.32. The number of nitro groups is 1. The maximum Gasteiger partial charge on any atom is 0.328 e. The summed E-state index contributed by atoms with van der Waals surface area (Å²) in [5, 5.41) is 13.1. The summed E-state index contributed by atoms with van der Waals surface area (Å²) in [7, 11) is 0. The number of nitrogens with zero attached hydrogens (tertiary/aromatic N) is 3. The summed E-state index contributed by atoms with van der Waals surface area (Å²) in [5.41, 5.74) is 0.657. The lowest BCUT2D eigenvalue weighted by Gasteiger charge is -2.14. The Morgan fingerprint density at radius 1 is 1.44 bits per heavy atom. The van der Waals surface area contributed by atoms with Gasteiger partial charge in [-0.05, 0) is 18.9 Å². The van der Waals surface area contributed by atoms with Gasteiger partial charge in [0.1, 0.15) is 10.9 Å². The van der Waals surface area contributed by atoms with E-state index in [0.29, 0.717) is 27.8 Å². The largest absolute Gasteiger partial charge is 0.464 e. The summed E-state index contributed by atoms with van der Waals surface area (Å²) in [6, 6.07) is 5.25. The molecule has 0 fully saturated rings. The van der Waals surface area contributed by atoms with Crippen LogP contribution in [0.25, 0.3) is 21.3 Å². The van der Waals surface area contributed by atoms with Gasteiger partial charge < -0.3 is 4.74 Å². The molecule has 2 heterocycles. The monoisotopic (exact) mass is 387 g/mol. The van der Waals surface area contributed by atoms with Gasteiger partial charge in [0.2, 0.25) is 0 Å². The number of carbonyl (C=O) groups is 1. The molecule has 8 nitrogen and oxygen atoms in total. The minimum atomic E-state index is -0.821. The van der Waals surface area contributed by atoms with Crippen molar-refractivity contribution in [1.29, 1.82) is 0 Å². The van der Waals surface area contributed by atoms with Crippen LogP contribution in [-0.2, 0) is 9.53 Å². The smallest absolute Gasteiger partial charge is 0.328 e. The zero-order valence-corrected chi connectivity index (χ0v) is 15.6. The molecule has 1 atom stereocenters. The first-order chi connectivity index (χ1) is 12.9. The lowest BCUT2D eigenvalue weighted by Crippen LogP contribution is -2.29. The third kappa shape index (κ3) is 3.59. The van der Waals surface area contributed by atoms with Crippen molar-refractivity contribution in [3.8, 4) is 11.1 Å². The van der Waals surface area contributed by atoms with Crippen LogP contribution in [0, 0.1) is 10.1 Å². The number of esters is 1. The van der Waals surface area contributed by atoms with Crippen LogP contribution in [0.4, 0.5) is 5.69 Å². The Hall–Kier alpha value is -3.07. The molecule has 140 valence electrons. The first-order valence-electron chi connectivity index (χ1n) is 8.33. The number of hydrogen-bond acceptors (Lipinski definition) is 7. The molecule has 27 heavy (non-hydrogen) atoms. The summed E-state index contributed by atoms with van der Waals surface area (Å²) in [5.74, 6) is -0.507. The SMILES string of the molecule is CCCOC(=O)[C@H](C)n1cnc2scc(-c3cccc([N+](=O)[O-])c3)c2c1=O. The van der Waals surface area contributed by atoms with E-state index >= 15 is 0 Å². The molecule has 0 aliphatic heterocycles. The van der Waals surface area contributed by atoms with Gasteiger partial charge in [0.05, 0.1) is 23.2 Å². The van der Waals surface area contributed by atoms with Crippen molar-refractivity contribution in [1.82, 2.24) is 9.55 Å². The molecular formula is C18H17N3O5S. The molecule has 0 unspecified atom stereocenters. The highest BCUT2D eigenvalue weighted by Gasteiger charge is 2.21. The van der Waals surface area contributed by atoms with Gasteiger partial charge in [-0.25, -0.2) is 9.78 Å². The van der Waals surface area contributed by atoms with Crippen LogP contribution in [0.3, 0.4) is 0 Å². The summed E-state index contributed by atoms with van der Waals surface area (Å²) in [6.45, 7) is 3.74. The zero-order valence-electron chi connectivity index (χ0n) is 14.7. The van der Waals surface area contributed by atoms with Gasteiger partial charge in [-0.15, -0.1) is 11.3 Å². The Morgan fingerprint density at radius 2 is 2.22 bits per heavy atom. The van der Waals surface area contributed by atoms with E-state index < -0.39 is 16.9 Å². The second-order valence-electron chi connectivity index (χ2n) is 5.94. The quantitative estimate of drug-likeness (QED) is 0.364. The molecule has 3 aromatic rings. The van der Waals surface area contributed by atoms with Crippen molar-refractivity contribution < 1.29 is 14.5 Å². The molecule has 0 N–H and O–H groups in total. The second kappa shape index (κ2) is 7.67. The third-order valence-electron chi connectivity index (χ3n) is 4.09. The van der Waals surface area contributed by atoms with Gasteiger partial charge >= 0.3 is 5.97 Å². The molecule has 3 rings (SSSR count). The minimum absolute atomic E-state index is 0.0624. The van der Waals surface area contributed by atoms with Gasteiger partial charge in [-0.3, -0.25) is 19.5 Å². The number of hydrogen-bond donors (Lipinski definition) is 0. The third-order valence-corrected chi connectivity index (χ3v) is 4.98. The summed E-state index contributed by atoms with van der Waals surface area (Å²) in [4.78, 5) is 40.5. The van der Waals surface area contributed by atoms with Crippen LogP contribution in [-0.4, -0.2) is 27.1 Å². The molecule has 1 aromatic carbocycles. The number of ether oxygens (including phenoxy) is 1. The summed E-state index contributed by atoms with van der Waals surface area (Å²) >= 11 is 1.27. The molecule has 0 aliphatic carbocycles. The number of carbonyl (C=O) groups excluding carboxylic acids is 1. The van der Waals surface area contributed by atoms with Gasteiger partial charge in [0.25, 0.3) is 11.2 Å². The van der Waals surface area contributed by atoms with Gasteiger partial charge in [0.15, 0.2) is 0 Å². The van der Waals surface area contributed by atoms with E-state index in [1.54, 1.807) is 24.4 Å². The average molecular weight is 387 g/mol. The van der Waals surface area contributed by atoms with E-state index in [0.717, 1.165) is 0 Å². The van der Waals surface area contributed by atoms with Crippen molar-refractivity contribution in [2.75, 3.05) is 6.61 Å². The Balaban J connectivity index is 2.10. The predicted molar refractivity (Wildman–Crippen MR) is 102 cm³/mol. The highest BCUT2D eigenvalue weighted by atomic mass is 32.1. The standard InChI is InChI=1S/C18H17N3O5S/c1-3-7-26-18(23)11(2)20-10-19-16-15(17(20)22)14(9-27-16)12-5-4-6-13(8-12)21(24)25/h4-6,8-11H,3,7H2,1-2H3/t11-/m0/s1. The Morgan fingerprint density at radius 3 is 2.93 bits per heavy atom. The van der Waals surface area contributed by atoms with Gasteiger partial charge in [-0.1, -0.05) is 19.1 Å². The number of aromatic nitrogens is 2. The molecule has 0 amide bonds. The lowest BCUT2D eigenvalue weighted by atomic mass is 10.1. The van der Waals surface area contributed by atoms with E-state index in [1.807, 2.05) is 6.92 Å². The fourth-order valence-electron chi connectivity index (χ4n) is 2.66. The van der Waals surface area contributed by atoms with Crippen LogP contribution in [0.1, 0.15) is 26.3 Å². The predicted octanol–water partition coefficient (Wildman–Crippen LogP) is 3.55. The van der Waals surface area contributed by atoms with Crippen LogP contribution < -0.4 is 5.56 Å². The van der Waals surface area contributed by atoms with E-state index in [-0.39, 0.29) is 17.9 Å². The molecule has 0 radical (unpaired) electrons. The van der Waals surface area contributed by atoms with E-state index in [4.69, 9.17) is 4.74 Å². The second-order valence-corrected chi connectivity index (χ2v) is 6.80. The molecular weight excluding hydrogens is 370 g/mol. The first-order valence-corrected chi connectivity index (χ1v) is 9.21. The Kier molecular flexibility index (Phi) is 5.31.